The van der Waals surface area contributed by atoms with Gasteiger partial charge in [-0.05, 0) is 64.2 Å². The summed E-state index contributed by atoms with van der Waals surface area (Å²) in [7, 11) is 0. The lowest BCUT2D eigenvalue weighted by atomic mass is 9.91. The maximum absolute atomic E-state index is 11.6. The number of hydrogen-bond acceptors (Lipinski definition) is 4. The van der Waals surface area contributed by atoms with Gasteiger partial charge in [0.25, 0.3) is 0 Å². The van der Waals surface area contributed by atoms with Gasteiger partial charge >= 0.3 is 12.1 Å². The zero-order valence-electron chi connectivity index (χ0n) is 19.7. The molecule has 0 aliphatic heterocycles. The minimum Gasteiger partial charge on any atom is -0.479 e. The van der Waals surface area contributed by atoms with E-state index < -0.39 is 23.7 Å². The maximum Gasteiger partial charge on any atom is 0.408 e. The number of alkyl carbamates (subject to hydrolysis) is 1. The molecule has 7 heteroatoms. The van der Waals surface area contributed by atoms with Crippen LogP contribution in [-0.2, 0) is 9.53 Å². The van der Waals surface area contributed by atoms with Crippen molar-refractivity contribution >= 4 is 23.7 Å². The first-order chi connectivity index (χ1) is 15.1. The fourth-order valence-electron chi connectivity index (χ4n) is 4.24. The summed E-state index contributed by atoms with van der Waals surface area (Å²) in [6.45, 7) is 5.10. The number of rotatable bonds is 5. The molecule has 2 saturated carbocycles. The smallest absolute Gasteiger partial charge is 0.408 e. The summed E-state index contributed by atoms with van der Waals surface area (Å²) in [6, 6.07) is 6.77. The molecule has 1 aromatic rings. The first-order valence-corrected chi connectivity index (χ1v) is 12.3. The summed E-state index contributed by atoms with van der Waals surface area (Å²) in [5.74, 6) is -1.17. The monoisotopic (exact) mass is 466 g/mol. The van der Waals surface area contributed by atoms with Crippen molar-refractivity contribution in [3.8, 4) is 0 Å². The van der Waals surface area contributed by atoms with E-state index in [1.807, 2.05) is 0 Å². The van der Waals surface area contributed by atoms with E-state index in [4.69, 9.17) is 21.4 Å². The van der Waals surface area contributed by atoms with E-state index in [1.165, 1.54) is 64.2 Å². The topological polar surface area (TPSA) is 87.7 Å². The summed E-state index contributed by atoms with van der Waals surface area (Å²) < 4.78 is 5.02. The van der Waals surface area contributed by atoms with Gasteiger partial charge in [0, 0.05) is 17.1 Å². The van der Waals surface area contributed by atoms with Crippen LogP contribution in [0.5, 0.6) is 0 Å². The van der Waals surface area contributed by atoms with E-state index in [1.54, 1.807) is 45.0 Å². The summed E-state index contributed by atoms with van der Waals surface area (Å²) in [6.07, 6.45) is 13.8. The molecule has 180 valence electrons. The van der Waals surface area contributed by atoms with Crippen molar-refractivity contribution < 1.29 is 19.4 Å². The Bertz CT molecular complexity index is 690. The molecule has 2 aliphatic rings. The van der Waals surface area contributed by atoms with Crippen LogP contribution in [0.1, 0.15) is 96.6 Å². The highest BCUT2D eigenvalue weighted by molar-refractivity contribution is 6.30. The molecule has 6 nitrogen and oxygen atoms in total. The van der Waals surface area contributed by atoms with Crippen molar-refractivity contribution in [1.29, 1.82) is 0 Å². The predicted octanol–water partition coefficient (Wildman–Crippen LogP) is 6.23. The second-order valence-corrected chi connectivity index (χ2v) is 10.2. The number of benzene rings is 1. The largest absolute Gasteiger partial charge is 0.479 e. The third kappa shape index (κ3) is 10.2. The molecule has 2 aliphatic carbocycles. The van der Waals surface area contributed by atoms with Crippen molar-refractivity contribution in [2.75, 3.05) is 0 Å². The lowest BCUT2D eigenvalue weighted by molar-refractivity contribution is -0.139. The van der Waals surface area contributed by atoms with Crippen LogP contribution in [0.2, 0.25) is 5.02 Å². The maximum atomic E-state index is 11.6. The lowest BCUT2D eigenvalue weighted by Gasteiger charge is -2.30. The molecule has 0 heterocycles. The predicted molar refractivity (Wildman–Crippen MR) is 128 cm³/mol. The van der Waals surface area contributed by atoms with Gasteiger partial charge in [-0.15, -0.1) is 0 Å². The fourth-order valence-corrected chi connectivity index (χ4v) is 4.37. The summed E-state index contributed by atoms with van der Waals surface area (Å²) >= 11 is 5.73. The minimum atomic E-state index is -1.17. The van der Waals surface area contributed by atoms with Crippen LogP contribution in [0.4, 0.5) is 4.79 Å². The molecule has 0 saturated heterocycles. The Morgan fingerprint density at radius 3 is 1.81 bits per heavy atom. The van der Waals surface area contributed by atoms with Crippen molar-refractivity contribution in [2.45, 2.75) is 109 Å². The van der Waals surface area contributed by atoms with Gasteiger partial charge in [0.2, 0.25) is 0 Å². The average molecular weight is 467 g/mol. The quantitative estimate of drug-likeness (QED) is 0.478. The number of hydrogen-bond donors (Lipinski definition) is 3. The Morgan fingerprint density at radius 1 is 0.938 bits per heavy atom. The van der Waals surface area contributed by atoms with Crippen LogP contribution >= 0.6 is 11.6 Å². The SMILES string of the molecule is C1CCC(NC2CCCCC2)CC1.CC(C)(C)OC(=O)N[C@@H](C(=O)O)c1ccc(Cl)cc1. The molecule has 0 spiro atoms. The van der Waals surface area contributed by atoms with E-state index in [2.05, 4.69) is 10.6 Å². The van der Waals surface area contributed by atoms with Gasteiger partial charge in [0.15, 0.2) is 6.04 Å². The molecule has 1 amide bonds. The van der Waals surface area contributed by atoms with Crippen molar-refractivity contribution in [3.63, 3.8) is 0 Å². The molecule has 3 N–H and O–H groups in total. The number of carboxylic acid groups (broad SMARTS) is 1. The van der Waals surface area contributed by atoms with Crippen LogP contribution in [0, 0.1) is 0 Å². The lowest BCUT2D eigenvalue weighted by Crippen LogP contribution is -2.40. The Balaban J connectivity index is 0.000000242. The summed E-state index contributed by atoms with van der Waals surface area (Å²) in [5.41, 5.74) is -0.268. The van der Waals surface area contributed by atoms with Gasteiger partial charge in [0.1, 0.15) is 5.60 Å². The highest BCUT2D eigenvalue weighted by atomic mass is 35.5. The normalized spacial score (nSPS) is 18.8. The molecular weight excluding hydrogens is 428 g/mol. The third-order valence-corrected chi connectivity index (χ3v) is 6.05. The van der Waals surface area contributed by atoms with Crippen LogP contribution < -0.4 is 10.6 Å². The number of nitrogens with one attached hydrogen (secondary N) is 2. The Labute approximate surface area is 197 Å². The number of aliphatic carboxylic acids is 1. The second kappa shape index (κ2) is 13.0. The van der Waals surface area contributed by atoms with E-state index in [0.717, 1.165) is 12.1 Å². The van der Waals surface area contributed by atoms with Gasteiger partial charge in [-0.1, -0.05) is 62.3 Å². The van der Waals surface area contributed by atoms with E-state index in [0.29, 0.717) is 10.6 Å². The van der Waals surface area contributed by atoms with E-state index >= 15 is 0 Å². The summed E-state index contributed by atoms with van der Waals surface area (Å²) in [5, 5.41) is 15.8. The molecule has 0 aromatic heterocycles. The highest BCUT2D eigenvalue weighted by Gasteiger charge is 2.25. The fraction of sp³-hybridized carbons (Fsp3) is 0.680. The summed E-state index contributed by atoms with van der Waals surface area (Å²) in [4.78, 5) is 22.8. The second-order valence-electron chi connectivity index (χ2n) is 9.81. The Morgan fingerprint density at radius 2 is 1.41 bits per heavy atom. The Kier molecular flexibility index (Phi) is 10.8. The highest BCUT2D eigenvalue weighted by Crippen LogP contribution is 2.22. The number of carboxylic acids is 1. The zero-order chi connectivity index (χ0) is 23.6. The molecule has 32 heavy (non-hydrogen) atoms. The standard InChI is InChI=1S/C13H16ClNO4.C12H23N/c1-13(2,3)19-12(18)15-10(11(16)17)8-4-6-9(14)7-5-8;1-3-7-11(8-4-1)13-12-9-5-2-6-10-12/h4-7,10H,1-3H3,(H,15,18)(H,16,17);11-13H,1-10H2/t10-;/m1./s1. The first-order valence-electron chi connectivity index (χ1n) is 11.9. The molecule has 0 bridgehead atoms. The number of carbonyl (C=O) groups is 2. The number of ether oxygens (including phenoxy) is 1. The molecule has 0 radical (unpaired) electrons. The number of carbonyl (C=O) groups excluding carboxylic acids is 1. The number of amides is 1. The minimum absolute atomic E-state index is 0.419. The van der Waals surface area contributed by atoms with Crippen LogP contribution in [0.15, 0.2) is 24.3 Å². The molecule has 2 fully saturated rings. The molecule has 1 aromatic carbocycles. The van der Waals surface area contributed by atoms with Crippen LogP contribution in [0.25, 0.3) is 0 Å². The average Bonchev–Trinajstić information content (AvgIpc) is 2.73. The third-order valence-electron chi connectivity index (χ3n) is 5.79. The van der Waals surface area contributed by atoms with Crippen LogP contribution in [0.3, 0.4) is 0 Å². The molecule has 0 unspecified atom stereocenters. The van der Waals surface area contributed by atoms with E-state index in [9.17, 15) is 9.59 Å². The van der Waals surface area contributed by atoms with Gasteiger partial charge < -0.3 is 20.5 Å². The van der Waals surface area contributed by atoms with Crippen molar-refractivity contribution in [3.05, 3.63) is 34.9 Å². The Hall–Kier alpha value is -1.79. The molecular formula is C25H39ClN2O4. The van der Waals surface area contributed by atoms with Crippen molar-refractivity contribution in [2.24, 2.45) is 0 Å². The number of halogens is 1. The molecule has 3 rings (SSSR count). The zero-order valence-corrected chi connectivity index (χ0v) is 20.4. The van der Waals surface area contributed by atoms with Crippen LogP contribution in [-0.4, -0.2) is 34.9 Å². The van der Waals surface area contributed by atoms with Gasteiger partial charge in [-0.25, -0.2) is 9.59 Å². The van der Waals surface area contributed by atoms with Gasteiger partial charge in [-0.3, -0.25) is 0 Å². The van der Waals surface area contributed by atoms with E-state index in [-0.39, 0.29) is 0 Å². The first kappa shape index (κ1) is 26.5. The van der Waals surface area contributed by atoms with Crippen molar-refractivity contribution in [1.82, 2.24) is 10.6 Å². The molecule has 1 atom stereocenters. The van der Waals surface area contributed by atoms with Gasteiger partial charge in [0.05, 0.1) is 0 Å². The van der Waals surface area contributed by atoms with Gasteiger partial charge in [-0.2, -0.15) is 0 Å².